The maximum absolute atomic E-state index is 9.74. The van der Waals surface area contributed by atoms with Crippen molar-refractivity contribution in [3.05, 3.63) is 23.8 Å². The molecular weight excluding hydrogens is 234 g/mol. The van der Waals surface area contributed by atoms with Crippen molar-refractivity contribution in [1.82, 2.24) is 4.90 Å². The van der Waals surface area contributed by atoms with E-state index < -0.39 is 0 Å². The van der Waals surface area contributed by atoms with E-state index in [0.29, 0.717) is 5.75 Å². The minimum absolute atomic E-state index is 0.143. The minimum Gasteiger partial charge on any atom is -0.504 e. The van der Waals surface area contributed by atoms with Crippen LogP contribution < -0.4 is 4.74 Å². The summed E-state index contributed by atoms with van der Waals surface area (Å²) in [5.74, 6) is 0.625. The van der Waals surface area contributed by atoms with Crippen LogP contribution >= 0.6 is 12.2 Å². The lowest BCUT2D eigenvalue weighted by molar-refractivity contribution is 0.347. The molecule has 1 saturated heterocycles. The van der Waals surface area contributed by atoms with Crippen molar-refractivity contribution < 1.29 is 9.84 Å². The van der Waals surface area contributed by atoms with E-state index in [9.17, 15) is 5.11 Å². The van der Waals surface area contributed by atoms with Crippen LogP contribution in [-0.2, 0) is 0 Å². The van der Waals surface area contributed by atoms with Gasteiger partial charge in [-0.15, -0.1) is 0 Å². The SMILES string of the molecule is COc1ccc(C(=S)N2CCCCC2)cc1O. The highest BCUT2D eigenvalue weighted by molar-refractivity contribution is 7.80. The molecule has 92 valence electrons. The van der Waals surface area contributed by atoms with E-state index in [0.717, 1.165) is 23.6 Å². The van der Waals surface area contributed by atoms with Crippen molar-refractivity contribution in [2.45, 2.75) is 19.3 Å². The average Bonchev–Trinajstić information content (AvgIpc) is 2.39. The third-order valence-corrected chi connectivity index (χ3v) is 3.56. The summed E-state index contributed by atoms with van der Waals surface area (Å²) >= 11 is 5.45. The molecule has 1 aromatic carbocycles. The molecule has 3 nitrogen and oxygen atoms in total. The molecule has 1 aromatic rings. The number of nitrogens with zero attached hydrogens (tertiary/aromatic N) is 1. The van der Waals surface area contributed by atoms with Crippen LogP contribution in [0.3, 0.4) is 0 Å². The molecular formula is C13H17NO2S. The number of aromatic hydroxyl groups is 1. The predicted molar refractivity (Wildman–Crippen MR) is 71.8 cm³/mol. The van der Waals surface area contributed by atoms with Crippen LogP contribution in [0.1, 0.15) is 24.8 Å². The van der Waals surface area contributed by atoms with Gasteiger partial charge in [0.15, 0.2) is 11.5 Å². The summed E-state index contributed by atoms with van der Waals surface area (Å²) in [6, 6.07) is 5.33. The van der Waals surface area contributed by atoms with Crippen LogP contribution in [0.25, 0.3) is 0 Å². The predicted octanol–water partition coefficient (Wildman–Crippen LogP) is 2.56. The molecule has 1 N–H and O–H groups in total. The first-order valence-corrected chi connectivity index (χ1v) is 6.29. The molecule has 0 bridgehead atoms. The zero-order chi connectivity index (χ0) is 12.3. The molecule has 0 saturated carbocycles. The summed E-state index contributed by atoms with van der Waals surface area (Å²) in [7, 11) is 1.54. The highest BCUT2D eigenvalue weighted by Gasteiger charge is 2.15. The lowest BCUT2D eigenvalue weighted by atomic mass is 10.1. The van der Waals surface area contributed by atoms with Crippen LogP contribution in [0.2, 0.25) is 0 Å². The summed E-state index contributed by atoms with van der Waals surface area (Å²) in [4.78, 5) is 3.03. The van der Waals surface area contributed by atoms with Gasteiger partial charge in [0.05, 0.1) is 7.11 Å². The molecule has 0 amide bonds. The molecule has 4 heteroatoms. The second-order valence-corrected chi connectivity index (χ2v) is 4.63. The van der Waals surface area contributed by atoms with E-state index >= 15 is 0 Å². The van der Waals surface area contributed by atoms with E-state index in [1.165, 1.54) is 26.4 Å². The lowest BCUT2D eigenvalue weighted by Crippen LogP contribution is -2.34. The molecule has 0 aromatic heterocycles. The van der Waals surface area contributed by atoms with Crippen molar-refractivity contribution in [3.8, 4) is 11.5 Å². The van der Waals surface area contributed by atoms with E-state index in [4.69, 9.17) is 17.0 Å². The Morgan fingerprint density at radius 3 is 2.59 bits per heavy atom. The van der Waals surface area contributed by atoms with Gasteiger partial charge in [-0.25, -0.2) is 0 Å². The van der Waals surface area contributed by atoms with Crippen molar-refractivity contribution >= 4 is 17.2 Å². The number of benzene rings is 1. The molecule has 0 atom stereocenters. The number of phenols is 1. The fourth-order valence-electron chi connectivity index (χ4n) is 2.10. The van der Waals surface area contributed by atoms with Crippen LogP contribution in [0.4, 0.5) is 0 Å². The van der Waals surface area contributed by atoms with Crippen LogP contribution in [-0.4, -0.2) is 35.2 Å². The van der Waals surface area contributed by atoms with E-state index in [-0.39, 0.29) is 5.75 Å². The zero-order valence-electron chi connectivity index (χ0n) is 9.98. The Hall–Kier alpha value is -1.29. The third kappa shape index (κ3) is 2.69. The second kappa shape index (κ2) is 5.36. The second-order valence-electron chi connectivity index (χ2n) is 4.24. The van der Waals surface area contributed by atoms with Crippen molar-refractivity contribution in [2.24, 2.45) is 0 Å². The van der Waals surface area contributed by atoms with Crippen molar-refractivity contribution in [1.29, 1.82) is 0 Å². The van der Waals surface area contributed by atoms with Gasteiger partial charge in [0.1, 0.15) is 4.99 Å². The Morgan fingerprint density at radius 1 is 1.29 bits per heavy atom. The Labute approximate surface area is 107 Å². The maximum atomic E-state index is 9.74. The van der Waals surface area contributed by atoms with Gasteiger partial charge in [-0.05, 0) is 37.5 Å². The number of hydrogen-bond acceptors (Lipinski definition) is 3. The normalized spacial score (nSPS) is 15.7. The molecule has 0 spiro atoms. The van der Waals surface area contributed by atoms with Crippen molar-refractivity contribution in [3.63, 3.8) is 0 Å². The molecule has 0 aliphatic carbocycles. The molecule has 2 rings (SSSR count). The first-order valence-electron chi connectivity index (χ1n) is 5.88. The summed E-state index contributed by atoms with van der Waals surface area (Å²) < 4.78 is 5.02. The zero-order valence-corrected chi connectivity index (χ0v) is 10.8. The van der Waals surface area contributed by atoms with Gasteiger partial charge in [0, 0.05) is 18.7 Å². The fraction of sp³-hybridized carbons (Fsp3) is 0.462. The van der Waals surface area contributed by atoms with Gasteiger partial charge in [0.25, 0.3) is 0 Å². The van der Waals surface area contributed by atoms with Crippen molar-refractivity contribution in [2.75, 3.05) is 20.2 Å². The smallest absolute Gasteiger partial charge is 0.160 e. The average molecular weight is 251 g/mol. The number of piperidine rings is 1. The highest BCUT2D eigenvalue weighted by Crippen LogP contribution is 2.27. The van der Waals surface area contributed by atoms with E-state index in [2.05, 4.69) is 4.90 Å². The number of likely N-dealkylation sites (tertiary alicyclic amines) is 1. The molecule has 0 unspecified atom stereocenters. The standard InChI is InChI=1S/C13H17NO2S/c1-16-12-6-5-10(9-11(12)15)13(17)14-7-3-2-4-8-14/h5-6,9,15H,2-4,7-8H2,1H3. The van der Waals surface area contributed by atoms with Crippen LogP contribution in [0.5, 0.6) is 11.5 Å². The number of methoxy groups -OCH3 is 1. The molecule has 1 aliphatic rings. The molecule has 1 aliphatic heterocycles. The Kier molecular flexibility index (Phi) is 3.84. The number of ether oxygens (including phenoxy) is 1. The van der Waals surface area contributed by atoms with Crippen LogP contribution in [0.15, 0.2) is 18.2 Å². The summed E-state index contributed by atoms with van der Waals surface area (Å²) in [6.07, 6.45) is 3.68. The summed E-state index contributed by atoms with van der Waals surface area (Å²) in [6.45, 7) is 2.04. The molecule has 17 heavy (non-hydrogen) atoms. The molecule has 0 radical (unpaired) electrons. The van der Waals surface area contributed by atoms with Gasteiger partial charge in [-0.3, -0.25) is 0 Å². The molecule has 1 fully saturated rings. The van der Waals surface area contributed by atoms with Crippen LogP contribution in [0, 0.1) is 0 Å². The van der Waals surface area contributed by atoms with Gasteiger partial charge in [-0.2, -0.15) is 0 Å². The fourth-order valence-corrected chi connectivity index (χ4v) is 2.41. The number of hydrogen-bond donors (Lipinski definition) is 1. The highest BCUT2D eigenvalue weighted by atomic mass is 32.1. The number of phenolic OH excluding ortho intramolecular Hbond substituents is 1. The largest absolute Gasteiger partial charge is 0.504 e. The Balaban J connectivity index is 2.16. The summed E-state index contributed by atoms with van der Waals surface area (Å²) in [5, 5.41) is 9.74. The third-order valence-electron chi connectivity index (χ3n) is 3.07. The van der Waals surface area contributed by atoms with Gasteiger partial charge in [0.2, 0.25) is 0 Å². The molecule has 1 heterocycles. The van der Waals surface area contributed by atoms with E-state index in [1.54, 1.807) is 12.1 Å². The maximum Gasteiger partial charge on any atom is 0.160 e. The minimum atomic E-state index is 0.143. The monoisotopic (exact) mass is 251 g/mol. The number of rotatable bonds is 2. The topological polar surface area (TPSA) is 32.7 Å². The Bertz CT molecular complexity index is 414. The van der Waals surface area contributed by atoms with E-state index in [1.807, 2.05) is 6.07 Å². The quantitative estimate of drug-likeness (QED) is 0.819. The van der Waals surface area contributed by atoms with Gasteiger partial charge >= 0.3 is 0 Å². The first kappa shape index (κ1) is 12.2. The number of thiocarbonyl (C=S) groups is 1. The van der Waals surface area contributed by atoms with Gasteiger partial charge in [-0.1, -0.05) is 12.2 Å². The first-order chi connectivity index (χ1) is 8.22. The van der Waals surface area contributed by atoms with Gasteiger partial charge < -0.3 is 14.7 Å². The summed E-state index contributed by atoms with van der Waals surface area (Å²) in [5.41, 5.74) is 0.889. The Morgan fingerprint density at radius 2 is 2.00 bits per heavy atom. The lowest BCUT2D eigenvalue weighted by Gasteiger charge is -2.29.